The maximum Gasteiger partial charge on any atom is 0.151 e. The molecule has 0 radical (unpaired) electrons. The molecule has 1 aliphatic rings. The predicted octanol–water partition coefficient (Wildman–Crippen LogP) is 1.77. The lowest BCUT2D eigenvalue weighted by Gasteiger charge is -2.24. The van der Waals surface area contributed by atoms with Crippen LogP contribution in [0.15, 0.2) is 24.3 Å². The van der Waals surface area contributed by atoms with E-state index in [0.717, 1.165) is 25.9 Å². The fourth-order valence-corrected chi connectivity index (χ4v) is 4.27. The summed E-state index contributed by atoms with van der Waals surface area (Å²) >= 11 is 0. The van der Waals surface area contributed by atoms with Crippen LogP contribution in [0, 0.1) is 6.92 Å². The Morgan fingerprint density at radius 1 is 1.24 bits per heavy atom. The zero-order valence-electron chi connectivity index (χ0n) is 13.0. The van der Waals surface area contributed by atoms with E-state index >= 15 is 0 Å². The van der Waals surface area contributed by atoms with E-state index in [2.05, 4.69) is 41.4 Å². The number of hydrogen-bond donors (Lipinski definition) is 1. The highest BCUT2D eigenvalue weighted by Crippen LogP contribution is 2.20. The van der Waals surface area contributed by atoms with Crippen molar-refractivity contribution in [2.45, 2.75) is 25.8 Å². The molecule has 1 N–H and O–H groups in total. The van der Waals surface area contributed by atoms with E-state index in [9.17, 15) is 8.42 Å². The molecule has 4 nitrogen and oxygen atoms in total. The summed E-state index contributed by atoms with van der Waals surface area (Å²) in [6.45, 7) is 4.64. The lowest BCUT2D eigenvalue weighted by molar-refractivity contribution is 0.277. The van der Waals surface area contributed by atoms with Crippen molar-refractivity contribution in [2.24, 2.45) is 0 Å². The third-order valence-corrected chi connectivity index (χ3v) is 6.01. The van der Waals surface area contributed by atoms with Gasteiger partial charge in [0, 0.05) is 12.6 Å². The van der Waals surface area contributed by atoms with E-state index in [1.54, 1.807) is 0 Å². The standard InChI is InChI=1S/C16H26N2O2S/c1-14-6-3-4-7-15(14)16(17-2)8-10-18-9-5-12-21(19,20)13-11-18/h3-4,6-7,16-17H,5,8-13H2,1-2H3. The molecular formula is C16H26N2O2S. The van der Waals surface area contributed by atoms with Gasteiger partial charge in [-0.05, 0) is 51.0 Å². The van der Waals surface area contributed by atoms with Gasteiger partial charge >= 0.3 is 0 Å². The number of hydrogen-bond acceptors (Lipinski definition) is 4. The molecule has 1 saturated heterocycles. The highest BCUT2D eigenvalue weighted by molar-refractivity contribution is 7.91. The molecule has 1 aromatic rings. The first-order chi connectivity index (χ1) is 10.0. The average Bonchev–Trinajstić information content (AvgIpc) is 2.62. The first-order valence-electron chi connectivity index (χ1n) is 7.67. The number of nitrogens with one attached hydrogen (secondary N) is 1. The number of sulfone groups is 1. The van der Waals surface area contributed by atoms with Gasteiger partial charge in [0.25, 0.3) is 0 Å². The van der Waals surface area contributed by atoms with Crippen molar-refractivity contribution >= 4 is 9.84 Å². The monoisotopic (exact) mass is 310 g/mol. The molecular weight excluding hydrogens is 284 g/mol. The highest BCUT2D eigenvalue weighted by atomic mass is 32.2. The lowest BCUT2D eigenvalue weighted by Crippen LogP contribution is -2.31. The Hall–Kier alpha value is -0.910. The Kier molecular flexibility index (Phi) is 5.79. The van der Waals surface area contributed by atoms with Gasteiger partial charge in [0.05, 0.1) is 11.5 Å². The zero-order chi connectivity index (χ0) is 15.3. The van der Waals surface area contributed by atoms with E-state index in [1.165, 1.54) is 11.1 Å². The SMILES string of the molecule is CNC(CCN1CCCS(=O)(=O)CC1)c1ccccc1C. The fraction of sp³-hybridized carbons (Fsp3) is 0.625. The Labute approximate surface area is 128 Å². The van der Waals surface area contributed by atoms with Crippen molar-refractivity contribution in [2.75, 3.05) is 38.2 Å². The first-order valence-corrected chi connectivity index (χ1v) is 9.49. The molecule has 1 atom stereocenters. The molecule has 2 rings (SSSR count). The molecule has 5 heteroatoms. The molecule has 0 spiro atoms. The smallest absolute Gasteiger partial charge is 0.151 e. The molecule has 0 amide bonds. The van der Waals surface area contributed by atoms with E-state index in [-0.39, 0.29) is 0 Å². The van der Waals surface area contributed by atoms with Crippen molar-refractivity contribution in [3.8, 4) is 0 Å². The minimum atomic E-state index is -2.81. The molecule has 0 bridgehead atoms. The molecule has 1 aliphatic heterocycles. The molecule has 21 heavy (non-hydrogen) atoms. The summed E-state index contributed by atoms with van der Waals surface area (Å²) in [6.07, 6.45) is 1.76. The Balaban J connectivity index is 1.93. The first kappa shape index (κ1) is 16.5. The Morgan fingerprint density at radius 3 is 2.71 bits per heavy atom. The third kappa shape index (κ3) is 4.80. The van der Waals surface area contributed by atoms with Crippen LogP contribution in [-0.2, 0) is 9.84 Å². The zero-order valence-corrected chi connectivity index (χ0v) is 13.8. The van der Waals surface area contributed by atoms with E-state index < -0.39 is 9.84 Å². The van der Waals surface area contributed by atoms with Gasteiger partial charge in [-0.2, -0.15) is 0 Å². The van der Waals surface area contributed by atoms with Gasteiger partial charge in [-0.3, -0.25) is 0 Å². The summed E-state index contributed by atoms with van der Waals surface area (Å²) in [6, 6.07) is 8.77. The normalized spacial score (nSPS) is 20.9. The summed E-state index contributed by atoms with van der Waals surface area (Å²) in [4.78, 5) is 2.28. The summed E-state index contributed by atoms with van der Waals surface area (Å²) in [5.41, 5.74) is 2.64. The van der Waals surface area contributed by atoms with Crippen LogP contribution in [0.4, 0.5) is 0 Å². The average molecular weight is 310 g/mol. The summed E-state index contributed by atoms with van der Waals surface area (Å²) in [7, 11) is -0.822. The second-order valence-electron chi connectivity index (χ2n) is 5.83. The largest absolute Gasteiger partial charge is 0.313 e. The predicted molar refractivity (Wildman–Crippen MR) is 87.3 cm³/mol. The second kappa shape index (κ2) is 7.38. The summed E-state index contributed by atoms with van der Waals surface area (Å²) < 4.78 is 23.3. The lowest BCUT2D eigenvalue weighted by atomic mass is 9.99. The topological polar surface area (TPSA) is 49.4 Å². The van der Waals surface area contributed by atoms with E-state index in [4.69, 9.17) is 0 Å². The van der Waals surface area contributed by atoms with Crippen molar-refractivity contribution in [3.05, 3.63) is 35.4 Å². The number of nitrogens with zero attached hydrogens (tertiary/aromatic N) is 1. The van der Waals surface area contributed by atoms with Crippen LogP contribution in [0.3, 0.4) is 0 Å². The van der Waals surface area contributed by atoms with Crippen molar-refractivity contribution < 1.29 is 8.42 Å². The molecule has 1 aromatic carbocycles. The summed E-state index contributed by atoms with van der Waals surface area (Å²) in [5.74, 6) is 0.651. The van der Waals surface area contributed by atoms with Gasteiger partial charge in [0.15, 0.2) is 9.84 Å². The Bertz CT molecular complexity index is 557. The van der Waals surface area contributed by atoms with Crippen LogP contribution in [0.1, 0.15) is 30.0 Å². The van der Waals surface area contributed by atoms with E-state index in [0.29, 0.717) is 24.1 Å². The molecule has 1 unspecified atom stereocenters. The number of aryl methyl sites for hydroxylation is 1. The molecule has 0 aromatic heterocycles. The van der Waals surface area contributed by atoms with Gasteiger partial charge in [-0.25, -0.2) is 8.42 Å². The summed E-state index contributed by atoms with van der Waals surface area (Å²) in [5, 5.41) is 3.39. The van der Waals surface area contributed by atoms with Crippen LogP contribution in [0.25, 0.3) is 0 Å². The van der Waals surface area contributed by atoms with Gasteiger partial charge in [0.1, 0.15) is 0 Å². The van der Waals surface area contributed by atoms with Crippen LogP contribution < -0.4 is 5.32 Å². The number of benzene rings is 1. The third-order valence-electron chi connectivity index (χ3n) is 4.29. The maximum atomic E-state index is 11.6. The highest BCUT2D eigenvalue weighted by Gasteiger charge is 2.20. The van der Waals surface area contributed by atoms with Crippen molar-refractivity contribution in [1.82, 2.24) is 10.2 Å². The minimum Gasteiger partial charge on any atom is -0.313 e. The van der Waals surface area contributed by atoms with Gasteiger partial charge in [0.2, 0.25) is 0 Å². The second-order valence-corrected chi connectivity index (χ2v) is 8.14. The Morgan fingerprint density at radius 2 is 2.00 bits per heavy atom. The molecule has 0 aliphatic carbocycles. The molecule has 0 saturated carbocycles. The van der Waals surface area contributed by atoms with Crippen LogP contribution in [-0.4, -0.2) is 51.5 Å². The van der Waals surface area contributed by atoms with Gasteiger partial charge in [-0.15, -0.1) is 0 Å². The van der Waals surface area contributed by atoms with E-state index in [1.807, 2.05) is 7.05 Å². The quantitative estimate of drug-likeness (QED) is 0.900. The van der Waals surface area contributed by atoms with Crippen molar-refractivity contribution in [1.29, 1.82) is 0 Å². The number of rotatable bonds is 5. The van der Waals surface area contributed by atoms with Crippen LogP contribution >= 0.6 is 0 Å². The van der Waals surface area contributed by atoms with Crippen LogP contribution in [0.5, 0.6) is 0 Å². The molecule has 118 valence electrons. The molecule has 1 heterocycles. The van der Waals surface area contributed by atoms with Gasteiger partial charge in [-0.1, -0.05) is 24.3 Å². The minimum absolute atomic E-state index is 0.307. The fourth-order valence-electron chi connectivity index (χ4n) is 2.96. The maximum absolute atomic E-state index is 11.6. The molecule has 1 fully saturated rings. The van der Waals surface area contributed by atoms with Crippen LogP contribution in [0.2, 0.25) is 0 Å². The van der Waals surface area contributed by atoms with Crippen molar-refractivity contribution in [3.63, 3.8) is 0 Å². The van der Waals surface area contributed by atoms with Gasteiger partial charge < -0.3 is 10.2 Å².